The molecule has 3 aliphatic rings. The number of H-pyrrole nitrogens is 3. The summed E-state index contributed by atoms with van der Waals surface area (Å²) in [6, 6.07) is -1.32. The second-order valence-electron chi connectivity index (χ2n) is 34.7. The topological polar surface area (TPSA) is 671 Å². The first-order valence-electron chi connectivity index (χ1n) is 45.9. The Morgan fingerprint density at radius 2 is 1.12 bits per heavy atom. The van der Waals surface area contributed by atoms with E-state index in [1.165, 1.54) is 74.7 Å². The highest BCUT2D eigenvalue weighted by molar-refractivity contribution is 8.00. The van der Waals surface area contributed by atoms with Crippen LogP contribution in [0.2, 0.25) is 0 Å². The molecule has 3 aromatic heterocycles. The molecule has 6 aromatic rings. The fraction of sp³-hybridized carbons (Fsp3) is 0.538. The Hall–Kier alpha value is -13.3. The molecule has 16 amide bonds. The van der Waals surface area contributed by atoms with Gasteiger partial charge in [0.25, 0.3) is 0 Å². The molecule has 0 spiro atoms. The molecule has 3 aromatic carbocycles. The largest absolute Gasteiger partial charge is 0.508 e. The summed E-state index contributed by atoms with van der Waals surface area (Å²) in [4.78, 5) is 255. The molecule has 136 heavy (non-hydrogen) atoms. The van der Waals surface area contributed by atoms with E-state index in [1.807, 2.05) is 26.0 Å². The van der Waals surface area contributed by atoms with E-state index in [2.05, 4.69) is 78.4 Å². The summed E-state index contributed by atoms with van der Waals surface area (Å²) in [6.07, 6.45) is 4.64. The second-order valence-corrected chi connectivity index (χ2v) is 35.8. The van der Waals surface area contributed by atoms with Crippen molar-refractivity contribution in [2.75, 3.05) is 72.0 Å². The third kappa shape index (κ3) is 29.6. The minimum Gasteiger partial charge on any atom is -0.508 e. The summed E-state index contributed by atoms with van der Waals surface area (Å²) in [5, 5.41) is 72.4. The average molecular weight is 1910 g/mol. The number of nitrogens with zero attached hydrogens (tertiary/aromatic N) is 6. The van der Waals surface area contributed by atoms with Crippen molar-refractivity contribution in [1.82, 2.24) is 103 Å². The van der Waals surface area contributed by atoms with Gasteiger partial charge >= 0.3 is 0 Å². The van der Waals surface area contributed by atoms with Gasteiger partial charge in [0.15, 0.2) is 5.96 Å². The van der Waals surface area contributed by atoms with Gasteiger partial charge in [-0.15, -0.1) is 11.8 Å². The number of nitrogens with one attached hydrogen (secondary N) is 15. The number of likely N-dealkylation sites (N-methyl/N-ethyl adjacent to an activating group) is 3. The number of carbonyl (C=O) groups is 16. The van der Waals surface area contributed by atoms with E-state index in [-0.39, 0.29) is 115 Å². The number of benzene rings is 3. The number of aromatic nitrogens is 4. The van der Waals surface area contributed by atoms with Crippen LogP contribution in [0.4, 0.5) is 0 Å². The van der Waals surface area contributed by atoms with E-state index in [0.717, 1.165) is 26.5 Å². The van der Waals surface area contributed by atoms with Crippen molar-refractivity contribution in [3.8, 4) is 5.75 Å². The predicted molar refractivity (Wildman–Crippen MR) is 503 cm³/mol. The maximum absolute atomic E-state index is 15.8. The van der Waals surface area contributed by atoms with E-state index < -0.39 is 235 Å². The van der Waals surface area contributed by atoms with Crippen molar-refractivity contribution < 1.29 is 92.0 Å². The van der Waals surface area contributed by atoms with Gasteiger partial charge in [0, 0.05) is 125 Å². The van der Waals surface area contributed by atoms with Crippen LogP contribution < -0.4 is 81.4 Å². The number of aromatic hydroxyl groups is 1. The molecule has 0 bridgehead atoms. The highest BCUT2D eigenvalue weighted by atomic mass is 32.2. The zero-order chi connectivity index (χ0) is 99.1. The van der Waals surface area contributed by atoms with Gasteiger partial charge in [-0.1, -0.05) is 88.1 Å². The second kappa shape index (κ2) is 51.4. The molecule has 45 heteroatoms. The van der Waals surface area contributed by atoms with Crippen LogP contribution in [-0.4, -0.2) is 329 Å². The number of unbranched alkanes of at least 4 members (excludes halogenated alkanes) is 2. The molecule has 0 aliphatic carbocycles. The first-order valence-corrected chi connectivity index (χ1v) is 47.0. The number of aliphatic hydroxyl groups excluding tert-OH is 2. The molecule has 6 heterocycles. The number of phenolic OH excluding ortho intramolecular Hbond substituents is 1. The lowest BCUT2D eigenvalue weighted by Crippen LogP contribution is -2.62. The van der Waals surface area contributed by atoms with Crippen molar-refractivity contribution in [1.29, 1.82) is 5.41 Å². The van der Waals surface area contributed by atoms with Crippen LogP contribution >= 0.6 is 11.8 Å². The molecule has 3 saturated heterocycles. The number of aromatic amines is 3. The fourth-order valence-corrected chi connectivity index (χ4v) is 18.0. The van der Waals surface area contributed by atoms with Crippen LogP contribution in [-0.2, 0) is 102 Å². The zero-order valence-electron chi connectivity index (χ0n) is 77.6. The standard InChI is InChI=1S/C91H131N25O19S/c1-8-10-23-71-84(129)105-62(22-16-34-98-91(95)96)80(125)111-70(79(124)101-44-76(94)121)47-136-48-77(122)104-67(36-52-26-28-56(118)29-27-52)86(131)112(5)51(4)78(123)106-64(32-33-92)88(133)115-35-17-25-72(115)85(130)108-66(39-55-43-97-49-102-55)82(127)107-63(30-31-75(93)120)89(134)116-45-57(119)40-74(116)50(3)103-65(37-53-41-99-60-20-14-12-18-58(53)60)81(126)110-69(46-117)83(128)109-68(38-54-42-100-61-21-15-13-19-59(54)61)87(132)114(7)73(24-11-9-2)90(135)113(71)6/h12-15,18-21,26-29,41-43,49-51,57,62-74,99-100,103,117-119H,8-11,16-17,22-25,30-40,44-48,92H2,1-7H3,(H2,93,120)(H2,94,121)(H,97,102)(H,101,124)(H,104,122)(H,105,129)(H,106,123)(H,107,127)(H,108,130)(H,109,128)(H,110,126)(H,111,125)(H4,95,96,98)/t50?,51-,57+,62-,63-,64-,65-,66-,67-,68-,69-,70-,71-,72-,73-,74-/m0/s1. The van der Waals surface area contributed by atoms with Crippen molar-refractivity contribution >= 4 is 134 Å². The van der Waals surface area contributed by atoms with Gasteiger partial charge in [-0.3, -0.25) is 82.1 Å². The normalized spacial score (nSPS) is 25.2. The van der Waals surface area contributed by atoms with E-state index in [0.29, 0.717) is 64.2 Å². The Morgan fingerprint density at radius 3 is 1.74 bits per heavy atom. The van der Waals surface area contributed by atoms with Crippen LogP contribution in [0.5, 0.6) is 5.75 Å². The Morgan fingerprint density at radius 1 is 0.559 bits per heavy atom. The molecule has 3 fully saturated rings. The van der Waals surface area contributed by atoms with Crippen molar-refractivity contribution in [3.63, 3.8) is 0 Å². The van der Waals surface area contributed by atoms with Crippen LogP contribution in [0.15, 0.2) is 97.7 Å². The number of nitrogens with two attached hydrogens (primary N) is 4. The summed E-state index contributed by atoms with van der Waals surface area (Å²) in [6.45, 7) is 4.38. The number of para-hydroxylation sites is 2. The van der Waals surface area contributed by atoms with Crippen molar-refractivity contribution in [2.45, 2.75) is 240 Å². The number of hydrogen-bond donors (Lipinski definition) is 22. The highest BCUT2D eigenvalue weighted by Crippen LogP contribution is 2.29. The summed E-state index contributed by atoms with van der Waals surface area (Å²) < 4.78 is 0. The van der Waals surface area contributed by atoms with Crippen molar-refractivity contribution in [2.24, 2.45) is 22.9 Å². The predicted octanol–water partition coefficient (Wildman–Crippen LogP) is -3.37. The monoisotopic (exact) mass is 1910 g/mol. The summed E-state index contributed by atoms with van der Waals surface area (Å²) in [7, 11) is 4.00. The highest BCUT2D eigenvalue weighted by Gasteiger charge is 2.46. The number of thioether (sulfide) groups is 1. The van der Waals surface area contributed by atoms with Gasteiger partial charge in [0.1, 0.15) is 78.3 Å². The van der Waals surface area contributed by atoms with Crippen molar-refractivity contribution in [3.05, 3.63) is 120 Å². The van der Waals surface area contributed by atoms with Gasteiger partial charge in [0.2, 0.25) is 94.5 Å². The summed E-state index contributed by atoms with van der Waals surface area (Å²) in [5.74, 6) is -15.5. The van der Waals surface area contributed by atoms with Crippen LogP contribution in [0.1, 0.15) is 140 Å². The number of carbonyl (C=O) groups excluding carboxylic acids is 16. The quantitative estimate of drug-likeness (QED) is 0.0136. The minimum atomic E-state index is -1.81. The number of rotatable bonds is 27. The molecule has 9 rings (SSSR count). The first-order chi connectivity index (χ1) is 64.9. The number of amides is 16. The zero-order valence-corrected chi connectivity index (χ0v) is 78.5. The molecule has 0 saturated carbocycles. The van der Waals surface area contributed by atoms with Crippen LogP contribution in [0, 0.1) is 5.41 Å². The molecule has 44 nitrogen and oxygen atoms in total. The number of imidazole rings is 1. The summed E-state index contributed by atoms with van der Waals surface area (Å²) >= 11 is 0.784. The van der Waals surface area contributed by atoms with Gasteiger partial charge in [-0.2, -0.15) is 0 Å². The molecule has 26 N–H and O–H groups in total. The number of guanidine groups is 1. The first kappa shape index (κ1) is 106. The Balaban J connectivity index is 1.10. The third-order valence-corrected chi connectivity index (χ3v) is 25.8. The molecular weight excluding hydrogens is 1780 g/mol. The van der Waals surface area contributed by atoms with E-state index in [9.17, 15) is 58.5 Å². The molecule has 3 aliphatic heterocycles. The lowest BCUT2D eigenvalue weighted by atomic mass is 9.99. The molecule has 1 unspecified atom stereocenters. The van der Waals surface area contributed by atoms with E-state index in [1.54, 1.807) is 55.7 Å². The molecular formula is C91H131N25O19S. The lowest BCUT2D eigenvalue weighted by molar-refractivity contribution is -0.149. The minimum absolute atomic E-state index is 0.00158. The SMILES string of the molecule is CCCC[C@H]1C(=O)N(C)[C@@H](CCCC)C(=O)N[C@@H](CCCNC(=N)N)C(=O)N[C@H](C(=O)NCC(N)=O)CSCC(=O)N[C@@H](Cc2ccc(O)cc2)C(=O)N(C)[C@@H](C)C(=O)N[C@@H](CCN)C(=O)N2CCC[C@H]2C(=O)N[C@@H](Cc2c[nH]cn2)C(=O)N[C@@H](CCC(N)=O)C(=O)N2C[C@H](O)C[C@H]2C(C)N[C@@H](Cc2c[nH]c3ccccc23)C(=O)N[C@@H](CO)C(=O)N[C@@H](Cc2c[nH]c3ccccc23)C(=O)N1C. The van der Waals surface area contributed by atoms with Gasteiger partial charge in [-0.05, 0) is 126 Å². The van der Waals surface area contributed by atoms with Gasteiger partial charge < -0.3 is 136 Å². The molecule has 740 valence electrons. The number of phenols is 1. The Bertz CT molecular complexity index is 5170. The number of fused-ring (bicyclic) bond motifs is 4. The number of primary amides is 2. The smallest absolute Gasteiger partial charge is 0.245 e. The summed E-state index contributed by atoms with van der Waals surface area (Å²) in [5.41, 5.74) is 26.1. The van der Waals surface area contributed by atoms with Gasteiger partial charge in [-0.25, -0.2) is 4.98 Å². The Labute approximate surface area is 791 Å². The Kier molecular flexibility index (Phi) is 40.2. The lowest BCUT2D eigenvalue weighted by Gasteiger charge is -2.36. The number of hydrogen-bond acceptors (Lipinski definition) is 24. The third-order valence-electron chi connectivity index (χ3n) is 24.8. The van der Waals surface area contributed by atoms with Crippen LogP contribution in [0.25, 0.3) is 21.8 Å². The van der Waals surface area contributed by atoms with Crippen LogP contribution in [0.3, 0.4) is 0 Å². The maximum Gasteiger partial charge on any atom is 0.245 e. The number of aliphatic hydroxyl groups is 2. The van der Waals surface area contributed by atoms with E-state index >= 15 is 33.6 Å². The van der Waals surface area contributed by atoms with E-state index in [4.69, 9.17) is 28.3 Å². The molecule has 16 atom stereocenters. The molecule has 0 radical (unpaired) electrons. The average Bonchev–Trinajstić information content (AvgIpc) is 1.51. The van der Waals surface area contributed by atoms with Gasteiger partial charge in [0.05, 0.1) is 43.1 Å². The fourth-order valence-electron chi connectivity index (χ4n) is 17.1. The maximum atomic E-state index is 15.8.